The summed E-state index contributed by atoms with van der Waals surface area (Å²) in [7, 11) is -2.82. The van der Waals surface area contributed by atoms with Gasteiger partial charge in [0.25, 0.3) is 15.9 Å². The quantitative estimate of drug-likeness (QED) is 0.214. The van der Waals surface area contributed by atoms with E-state index in [2.05, 4.69) is 30.1 Å². The summed E-state index contributed by atoms with van der Waals surface area (Å²) in [5, 5.41) is 6.27. The minimum atomic E-state index is -4.28. The lowest BCUT2D eigenvalue weighted by molar-refractivity contribution is 0.121. The van der Waals surface area contributed by atoms with Gasteiger partial charge in [0.2, 0.25) is 11.7 Å². The number of hydrogen-bond acceptors (Lipinski definition) is 14. The number of aryl methyl sites for hydroxylation is 2. The first-order valence-corrected chi connectivity index (χ1v) is 15.2. The van der Waals surface area contributed by atoms with Gasteiger partial charge in [0.05, 0.1) is 20.3 Å². The van der Waals surface area contributed by atoms with E-state index in [4.69, 9.17) is 28.2 Å². The second kappa shape index (κ2) is 14.1. The number of carbonyl (C=O) groups excluding carboxylic acids is 1. The maximum atomic E-state index is 13.6. The molecule has 0 radical (unpaired) electrons. The maximum absolute atomic E-state index is 13.6. The van der Waals surface area contributed by atoms with Crippen molar-refractivity contribution in [3.8, 4) is 23.1 Å². The van der Waals surface area contributed by atoms with Crippen molar-refractivity contribution in [2.24, 2.45) is 0 Å². The Labute approximate surface area is 258 Å². The van der Waals surface area contributed by atoms with Crippen LogP contribution in [0.15, 0.2) is 58.1 Å². The molecule has 1 fully saturated rings. The molecule has 45 heavy (non-hydrogen) atoms. The highest BCUT2D eigenvalue weighted by Crippen LogP contribution is 2.42. The van der Waals surface area contributed by atoms with Crippen LogP contribution >= 0.6 is 0 Å². The molecule has 0 aliphatic carbocycles. The number of benzene rings is 1. The van der Waals surface area contributed by atoms with Gasteiger partial charge in [-0.25, -0.2) is 18.2 Å². The van der Waals surface area contributed by atoms with Gasteiger partial charge in [0.15, 0.2) is 28.0 Å². The molecule has 0 atom stereocenters. The molecular weight excluding hydrogens is 610 g/mol. The van der Waals surface area contributed by atoms with Gasteiger partial charge in [-0.2, -0.15) is 9.97 Å². The zero-order valence-corrected chi connectivity index (χ0v) is 25.5. The van der Waals surface area contributed by atoms with Gasteiger partial charge in [-0.3, -0.25) is 10.0 Å². The van der Waals surface area contributed by atoms with Crippen LogP contribution in [-0.4, -0.2) is 81.2 Å². The molecule has 238 valence electrons. The smallest absolute Gasteiger partial charge is 0.412 e. The highest BCUT2D eigenvalue weighted by Gasteiger charge is 2.30. The zero-order valence-electron chi connectivity index (χ0n) is 24.7. The molecule has 2 N–H and O–H groups in total. The Morgan fingerprint density at radius 3 is 2.47 bits per heavy atom. The number of ether oxygens (including phenoxy) is 5. The summed E-state index contributed by atoms with van der Waals surface area (Å²) in [4.78, 5) is 27.0. The lowest BCUT2D eigenvalue weighted by Crippen LogP contribution is -2.37. The number of morpholine rings is 1. The number of carbonyl (C=O) groups is 1. The van der Waals surface area contributed by atoms with Crippen LogP contribution in [-0.2, 0) is 19.5 Å². The van der Waals surface area contributed by atoms with Gasteiger partial charge in [-0.05, 0) is 38.1 Å². The molecule has 1 aliphatic rings. The highest BCUT2D eigenvalue weighted by molar-refractivity contribution is 7.92. The molecule has 4 aromatic rings. The van der Waals surface area contributed by atoms with Crippen molar-refractivity contribution in [2.45, 2.75) is 18.7 Å². The summed E-state index contributed by atoms with van der Waals surface area (Å²) in [6, 6.07) is 11.8. The Kier molecular flexibility index (Phi) is 9.79. The number of hydrogen-bond donors (Lipinski definition) is 2. The number of nitrogens with one attached hydrogen (secondary N) is 2. The molecular formula is C28H31N7O9S. The molecule has 16 nitrogen and oxygen atoms in total. The number of methoxy groups -OCH3 is 1. The predicted octanol–water partition coefficient (Wildman–Crippen LogP) is 3.54. The SMILES string of the molecule is COc1ccccc1Oc1c(NS(=O)(=O)c2c(C)noc2C)nc(N2CCOCC2)nc1OCCOC(=O)Nc1ccccn1. The Bertz CT molecular complexity index is 1710. The van der Waals surface area contributed by atoms with E-state index in [-0.39, 0.29) is 58.7 Å². The summed E-state index contributed by atoms with van der Waals surface area (Å²) < 4.78 is 63.1. The van der Waals surface area contributed by atoms with Crippen LogP contribution in [0.1, 0.15) is 11.5 Å². The molecule has 17 heteroatoms. The van der Waals surface area contributed by atoms with E-state index in [1.165, 1.54) is 27.2 Å². The topological polar surface area (TPSA) is 189 Å². The van der Waals surface area contributed by atoms with Crippen LogP contribution in [0.4, 0.5) is 22.4 Å². The normalized spacial score (nSPS) is 13.2. The molecule has 4 heterocycles. The van der Waals surface area contributed by atoms with Crippen molar-refractivity contribution < 1.29 is 41.4 Å². The highest BCUT2D eigenvalue weighted by atomic mass is 32.2. The summed E-state index contributed by atoms with van der Waals surface area (Å²) >= 11 is 0. The summed E-state index contributed by atoms with van der Waals surface area (Å²) in [5.41, 5.74) is 0.159. The van der Waals surface area contributed by atoms with Crippen molar-refractivity contribution in [3.63, 3.8) is 0 Å². The third-order valence-corrected chi connectivity index (χ3v) is 7.90. The number of rotatable bonds is 12. The molecule has 1 aliphatic heterocycles. The van der Waals surface area contributed by atoms with Crippen molar-refractivity contribution in [2.75, 3.05) is 61.6 Å². The van der Waals surface area contributed by atoms with Gasteiger partial charge in [0.1, 0.15) is 24.7 Å². The Morgan fingerprint density at radius 2 is 1.78 bits per heavy atom. The van der Waals surface area contributed by atoms with Crippen molar-refractivity contribution in [1.29, 1.82) is 0 Å². The molecule has 5 rings (SSSR count). The van der Waals surface area contributed by atoms with Gasteiger partial charge in [-0.1, -0.05) is 23.4 Å². The van der Waals surface area contributed by atoms with E-state index < -0.39 is 16.1 Å². The molecule has 0 saturated carbocycles. The molecule has 1 amide bonds. The largest absolute Gasteiger partial charge is 0.493 e. The second-order valence-corrected chi connectivity index (χ2v) is 11.1. The van der Waals surface area contributed by atoms with Crippen molar-refractivity contribution in [1.82, 2.24) is 20.1 Å². The molecule has 0 spiro atoms. The Hall–Kier alpha value is -5.16. The Morgan fingerprint density at radius 1 is 1.02 bits per heavy atom. The van der Waals surface area contributed by atoms with E-state index in [0.717, 1.165) is 0 Å². The van der Waals surface area contributed by atoms with Gasteiger partial charge >= 0.3 is 6.09 Å². The first-order chi connectivity index (χ1) is 21.7. The summed E-state index contributed by atoms with van der Waals surface area (Å²) in [5.74, 6) is 0.648. The van der Waals surface area contributed by atoms with Crippen LogP contribution in [0.5, 0.6) is 23.1 Å². The van der Waals surface area contributed by atoms with Crippen LogP contribution in [0, 0.1) is 13.8 Å². The molecule has 0 unspecified atom stereocenters. The average Bonchev–Trinajstić information content (AvgIpc) is 3.39. The van der Waals surface area contributed by atoms with E-state index in [1.807, 2.05) is 4.90 Å². The number of amides is 1. The number of anilines is 3. The van der Waals surface area contributed by atoms with Gasteiger partial charge in [0, 0.05) is 19.3 Å². The van der Waals surface area contributed by atoms with Crippen LogP contribution in [0.3, 0.4) is 0 Å². The Balaban J connectivity index is 1.49. The van der Waals surface area contributed by atoms with E-state index in [0.29, 0.717) is 37.9 Å². The first-order valence-electron chi connectivity index (χ1n) is 13.7. The number of aromatic nitrogens is 4. The fourth-order valence-corrected chi connectivity index (χ4v) is 5.62. The summed E-state index contributed by atoms with van der Waals surface area (Å²) in [6.07, 6.45) is 0.785. The average molecular weight is 642 g/mol. The third kappa shape index (κ3) is 7.68. The van der Waals surface area contributed by atoms with Crippen LogP contribution in [0.2, 0.25) is 0 Å². The fraction of sp³-hybridized carbons (Fsp3) is 0.321. The minimum absolute atomic E-state index is 0.0901. The third-order valence-electron chi connectivity index (χ3n) is 6.32. The minimum Gasteiger partial charge on any atom is -0.493 e. The fourth-order valence-electron chi connectivity index (χ4n) is 4.28. The van der Waals surface area contributed by atoms with Crippen LogP contribution in [0.25, 0.3) is 0 Å². The maximum Gasteiger partial charge on any atom is 0.412 e. The number of pyridine rings is 1. The standard InChI is InChI=1S/C28H31N7O9S/c1-18-24(19(2)44-33-18)45(37,38)34-25-23(43-21-9-5-4-8-20(21)39-3)26(32-27(31-25)35-12-14-40-15-13-35)41-16-17-42-28(36)30-22-10-6-7-11-29-22/h4-11H,12-17H2,1-3H3,(H,29,30,36)(H,31,32,34). The second-order valence-electron chi connectivity index (χ2n) is 9.44. The van der Waals surface area contributed by atoms with Crippen LogP contribution < -0.4 is 29.1 Å². The summed E-state index contributed by atoms with van der Waals surface area (Å²) in [6.45, 7) is 4.35. The predicted molar refractivity (Wildman–Crippen MR) is 160 cm³/mol. The van der Waals surface area contributed by atoms with Gasteiger partial charge in [-0.15, -0.1) is 0 Å². The molecule has 1 saturated heterocycles. The van der Waals surface area contributed by atoms with E-state index in [9.17, 15) is 13.2 Å². The van der Waals surface area contributed by atoms with Gasteiger partial charge < -0.3 is 33.1 Å². The lowest BCUT2D eigenvalue weighted by atomic mass is 10.3. The molecule has 1 aromatic carbocycles. The molecule has 0 bridgehead atoms. The number of nitrogens with zero attached hydrogens (tertiary/aromatic N) is 5. The van der Waals surface area contributed by atoms with Crippen molar-refractivity contribution >= 4 is 33.7 Å². The van der Waals surface area contributed by atoms with E-state index >= 15 is 0 Å². The van der Waals surface area contributed by atoms with Crippen molar-refractivity contribution in [3.05, 3.63) is 60.1 Å². The van der Waals surface area contributed by atoms with E-state index in [1.54, 1.807) is 42.5 Å². The number of para-hydroxylation sites is 2. The zero-order chi connectivity index (χ0) is 31.8. The lowest BCUT2D eigenvalue weighted by Gasteiger charge is -2.28. The first kappa shape index (κ1) is 31.3. The number of sulfonamides is 1. The monoisotopic (exact) mass is 641 g/mol. The molecule has 3 aromatic heterocycles.